The van der Waals surface area contributed by atoms with Gasteiger partial charge in [-0.05, 0) is 24.3 Å². The summed E-state index contributed by atoms with van der Waals surface area (Å²) in [6.07, 6.45) is 0. The highest BCUT2D eigenvalue weighted by molar-refractivity contribution is 7.86. The quantitative estimate of drug-likeness (QED) is 0.419. The number of ether oxygens (including phenoxy) is 1. The number of rotatable bonds is 6. The summed E-state index contributed by atoms with van der Waals surface area (Å²) in [7, 11) is 1.09. The van der Waals surface area contributed by atoms with Crippen LogP contribution in [-0.4, -0.2) is 35.9 Å². The predicted molar refractivity (Wildman–Crippen MR) is 99.1 cm³/mol. The topological polar surface area (TPSA) is 65.0 Å². The van der Waals surface area contributed by atoms with Crippen LogP contribution in [0.5, 0.6) is 0 Å². The Bertz CT molecular complexity index is 839. The fraction of sp³-hybridized carbons (Fsp3) is 0.176. The Hall–Kier alpha value is -1.89. The Morgan fingerprint density at radius 3 is 2.48 bits per heavy atom. The number of hydrogen-bond donors (Lipinski definition) is 0. The van der Waals surface area contributed by atoms with Gasteiger partial charge in [-0.3, -0.25) is 4.21 Å². The minimum absolute atomic E-state index is 0.00317. The van der Waals surface area contributed by atoms with E-state index in [9.17, 15) is 9.00 Å². The summed E-state index contributed by atoms with van der Waals surface area (Å²) in [5, 5.41) is 4.76. The van der Waals surface area contributed by atoms with Crippen LogP contribution in [0.1, 0.15) is 15.9 Å². The summed E-state index contributed by atoms with van der Waals surface area (Å²) < 4.78 is 17.6. The van der Waals surface area contributed by atoms with Crippen molar-refractivity contribution in [3.05, 3.63) is 63.6 Å². The van der Waals surface area contributed by atoms with Gasteiger partial charge >= 0.3 is 5.97 Å². The highest BCUT2D eigenvalue weighted by Crippen LogP contribution is 2.23. The third-order valence-electron chi connectivity index (χ3n) is 3.25. The number of benzene rings is 2. The maximum Gasteiger partial charge on any atom is 0.339 e. The molecular formula is C17H15Cl2NO4S. The molecule has 2 rings (SSSR count). The van der Waals surface area contributed by atoms with E-state index in [-0.39, 0.29) is 11.3 Å². The molecule has 132 valence electrons. The molecule has 0 heterocycles. The average Bonchev–Trinajstić information content (AvgIpc) is 2.60. The summed E-state index contributed by atoms with van der Waals surface area (Å²) >= 11 is 12.1. The van der Waals surface area contributed by atoms with Gasteiger partial charge in [-0.25, -0.2) is 4.79 Å². The second kappa shape index (κ2) is 8.99. The molecule has 8 heteroatoms. The second-order valence-corrected chi connectivity index (χ2v) is 7.09. The minimum atomic E-state index is -1.57. The van der Waals surface area contributed by atoms with Gasteiger partial charge in [-0.2, -0.15) is 0 Å². The molecule has 25 heavy (non-hydrogen) atoms. The van der Waals surface area contributed by atoms with Crippen molar-refractivity contribution < 1.29 is 18.6 Å². The number of halogens is 2. The SMILES string of the molecule is CO/N=C(\C[S@@](=O)c1ccccc1C(=O)OC)c1ccc(Cl)cc1Cl. The number of carbonyl (C=O) groups excluding carboxylic acids is 1. The zero-order valence-electron chi connectivity index (χ0n) is 13.5. The highest BCUT2D eigenvalue weighted by Gasteiger charge is 2.20. The number of oxime groups is 1. The van der Waals surface area contributed by atoms with Crippen molar-refractivity contribution in [3.63, 3.8) is 0 Å². The van der Waals surface area contributed by atoms with E-state index < -0.39 is 16.8 Å². The van der Waals surface area contributed by atoms with Crippen LogP contribution in [0.4, 0.5) is 0 Å². The van der Waals surface area contributed by atoms with Gasteiger partial charge in [-0.1, -0.05) is 46.6 Å². The Kier molecular flexibility index (Phi) is 6.99. The first kappa shape index (κ1) is 19.4. The molecule has 0 aliphatic rings. The van der Waals surface area contributed by atoms with Crippen molar-refractivity contribution in [2.45, 2.75) is 4.90 Å². The van der Waals surface area contributed by atoms with Crippen LogP contribution < -0.4 is 0 Å². The molecule has 0 unspecified atom stereocenters. The molecule has 0 radical (unpaired) electrons. The monoisotopic (exact) mass is 399 g/mol. The lowest BCUT2D eigenvalue weighted by Crippen LogP contribution is -2.16. The van der Waals surface area contributed by atoms with Gasteiger partial charge in [0.25, 0.3) is 0 Å². The Morgan fingerprint density at radius 2 is 1.84 bits per heavy atom. The van der Waals surface area contributed by atoms with Crippen LogP contribution in [0.3, 0.4) is 0 Å². The van der Waals surface area contributed by atoms with Gasteiger partial charge < -0.3 is 9.57 Å². The predicted octanol–water partition coefficient (Wildman–Crippen LogP) is 3.94. The molecule has 1 atom stereocenters. The van der Waals surface area contributed by atoms with Crippen molar-refractivity contribution in [1.29, 1.82) is 0 Å². The third kappa shape index (κ3) is 4.81. The van der Waals surface area contributed by atoms with E-state index in [4.69, 9.17) is 32.8 Å². The molecule has 0 fully saturated rings. The van der Waals surface area contributed by atoms with Crippen molar-refractivity contribution in [3.8, 4) is 0 Å². The first-order chi connectivity index (χ1) is 12.0. The summed E-state index contributed by atoms with van der Waals surface area (Å²) in [5.74, 6) is -0.554. The lowest BCUT2D eigenvalue weighted by Gasteiger charge is -2.10. The molecule has 0 spiro atoms. The number of nitrogens with zero attached hydrogens (tertiary/aromatic N) is 1. The smallest absolute Gasteiger partial charge is 0.339 e. The first-order valence-electron chi connectivity index (χ1n) is 7.09. The maximum atomic E-state index is 12.8. The Morgan fingerprint density at radius 1 is 1.12 bits per heavy atom. The fourth-order valence-electron chi connectivity index (χ4n) is 2.13. The van der Waals surface area contributed by atoms with E-state index in [0.29, 0.717) is 26.2 Å². The average molecular weight is 400 g/mol. The second-order valence-electron chi connectivity index (χ2n) is 4.82. The van der Waals surface area contributed by atoms with E-state index >= 15 is 0 Å². The molecule has 0 saturated carbocycles. The summed E-state index contributed by atoms with van der Waals surface area (Å²) in [6, 6.07) is 11.4. The maximum absolute atomic E-state index is 12.8. The van der Waals surface area contributed by atoms with E-state index in [1.54, 1.807) is 42.5 Å². The number of carbonyl (C=O) groups is 1. The molecule has 2 aromatic carbocycles. The molecule has 0 saturated heterocycles. The summed E-state index contributed by atoms with van der Waals surface area (Å²) in [4.78, 5) is 17.1. The molecule has 5 nitrogen and oxygen atoms in total. The molecule has 0 bridgehead atoms. The van der Waals surface area contributed by atoms with E-state index in [1.807, 2.05) is 0 Å². The van der Waals surface area contributed by atoms with E-state index in [1.165, 1.54) is 14.2 Å². The van der Waals surface area contributed by atoms with Crippen molar-refractivity contribution >= 4 is 45.7 Å². The zero-order valence-corrected chi connectivity index (χ0v) is 15.8. The molecule has 0 amide bonds. The van der Waals surface area contributed by atoms with Gasteiger partial charge in [0.05, 0.1) is 39.1 Å². The lowest BCUT2D eigenvalue weighted by atomic mass is 10.1. The zero-order chi connectivity index (χ0) is 18.4. The molecule has 0 N–H and O–H groups in total. The van der Waals surface area contributed by atoms with Crippen LogP contribution in [0.25, 0.3) is 0 Å². The third-order valence-corrected chi connectivity index (χ3v) is 5.18. The summed E-state index contributed by atoms with van der Waals surface area (Å²) in [6.45, 7) is 0. The molecule has 2 aromatic rings. The fourth-order valence-corrected chi connectivity index (χ4v) is 3.89. The molecule has 0 aliphatic carbocycles. The molecule has 0 aliphatic heterocycles. The summed E-state index contributed by atoms with van der Waals surface area (Å²) in [5.41, 5.74) is 1.17. The lowest BCUT2D eigenvalue weighted by molar-refractivity contribution is 0.0596. The first-order valence-corrected chi connectivity index (χ1v) is 9.16. The number of methoxy groups -OCH3 is 1. The highest BCUT2D eigenvalue weighted by atomic mass is 35.5. The van der Waals surface area contributed by atoms with Gasteiger partial charge in [0.2, 0.25) is 0 Å². The molecular weight excluding hydrogens is 385 g/mol. The van der Waals surface area contributed by atoms with E-state index in [2.05, 4.69) is 5.16 Å². The Labute approximate surface area is 158 Å². The normalized spacial score (nSPS) is 12.6. The van der Waals surface area contributed by atoms with Crippen LogP contribution in [0.2, 0.25) is 10.0 Å². The van der Waals surface area contributed by atoms with Crippen molar-refractivity contribution in [1.82, 2.24) is 0 Å². The van der Waals surface area contributed by atoms with Gasteiger partial charge in [0, 0.05) is 10.6 Å². The molecule has 0 aromatic heterocycles. The van der Waals surface area contributed by atoms with Crippen LogP contribution in [0.15, 0.2) is 52.5 Å². The number of esters is 1. The van der Waals surface area contributed by atoms with Crippen molar-refractivity contribution in [2.24, 2.45) is 5.16 Å². The van der Waals surface area contributed by atoms with Gasteiger partial charge in [0.1, 0.15) is 12.8 Å². The van der Waals surface area contributed by atoms with Crippen LogP contribution >= 0.6 is 23.2 Å². The van der Waals surface area contributed by atoms with Crippen LogP contribution in [-0.2, 0) is 20.4 Å². The number of hydrogen-bond acceptors (Lipinski definition) is 5. The largest absolute Gasteiger partial charge is 0.465 e. The van der Waals surface area contributed by atoms with Crippen molar-refractivity contribution in [2.75, 3.05) is 20.0 Å². The van der Waals surface area contributed by atoms with Crippen LogP contribution in [0, 0.1) is 0 Å². The van der Waals surface area contributed by atoms with E-state index in [0.717, 1.165) is 0 Å². The standard InChI is InChI=1S/C17H15Cl2NO4S/c1-23-17(21)13-5-3-4-6-16(13)25(22)10-15(20-24-2)12-8-7-11(18)9-14(12)19/h3-9H,10H2,1-2H3/b20-15+/t25-/m1/s1. The van der Waals surface area contributed by atoms with Gasteiger partial charge in [0.15, 0.2) is 0 Å². The van der Waals surface area contributed by atoms with Gasteiger partial charge in [-0.15, -0.1) is 0 Å². The Balaban J connectivity index is 2.37. The minimum Gasteiger partial charge on any atom is -0.465 e.